The minimum atomic E-state index is -0.858. The molecule has 0 spiro atoms. The molecule has 1 amide bonds. The Hall–Kier alpha value is -1.94. The molecule has 0 aromatic heterocycles. The highest BCUT2D eigenvalue weighted by Gasteiger charge is 2.39. The second kappa shape index (κ2) is 4.51. The van der Waals surface area contributed by atoms with Gasteiger partial charge in [0.1, 0.15) is 0 Å². The molecule has 0 radical (unpaired) electrons. The van der Waals surface area contributed by atoms with Crippen LogP contribution >= 0.6 is 0 Å². The van der Waals surface area contributed by atoms with Crippen LogP contribution in [0.5, 0.6) is 0 Å². The van der Waals surface area contributed by atoms with Crippen molar-refractivity contribution in [3.63, 3.8) is 0 Å². The number of hydrogen-bond acceptors (Lipinski definition) is 3. The van der Waals surface area contributed by atoms with Crippen molar-refractivity contribution in [1.29, 1.82) is 0 Å². The van der Waals surface area contributed by atoms with Gasteiger partial charge in [-0.3, -0.25) is 14.5 Å². The van der Waals surface area contributed by atoms with Crippen molar-refractivity contribution in [3.8, 4) is 0 Å². The summed E-state index contributed by atoms with van der Waals surface area (Å²) in [7, 11) is 0. The fourth-order valence-corrected chi connectivity index (χ4v) is 1.91. The average molecular weight is 231 g/mol. The Balaban J connectivity index is 2.40. The van der Waals surface area contributed by atoms with Gasteiger partial charge in [-0.1, -0.05) is 18.2 Å². The Morgan fingerprint density at radius 1 is 1.53 bits per heavy atom. The number of ketones is 1. The zero-order valence-electron chi connectivity index (χ0n) is 9.55. The van der Waals surface area contributed by atoms with Crippen molar-refractivity contribution in [1.82, 2.24) is 0 Å². The number of fused-ring (bicyclic) bond motifs is 1. The van der Waals surface area contributed by atoms with Gasteiger partial charge in [0.2, 0.25) is 17.9 Å². The molecular formula is C13H13NO3. The van der Waals surface area contributed by atoms with Crippen LogP contribution in [0, 0.1) is 0 Å². The summed E-state index contributed by atoms with van der Waals surface area (Å²) in [6.45, 7) is 5.17. The highest BCUT2D eigenvalue weighted by Crippen LogP contribution is 2.32. The lowest BCUT2D eigenvalue weighted by atomic mass is 10.1. The van der Waals surface area contributed by atoms with E-state index in [-0.39, 0.29) is 18.3 Å². The topological polar surface area (TPSA) is 46.6 Å². The van der Waals surface area contributed by atoms with Crippen molar-refractivity contribution in [2.45, 2.75) is 13.2 Å². The molecule has 4 heteroatoms. The van der Waals surface area contributed by atoms with E-state index >= 15 is 0 Å². The third-order valence-corrected chi connectivity index (χ3v) is 2.60. The zero-order valence-corrected chi connectivity index (χ0v) is 9.55. The maximum Gasteiger partial charge on any atom is 0.226 e. The summed E-state index contributed by atoms with van der Waals surface area (Å²) in [5.41, 5.74) is 1.14. The zero-order chi connectivity index (χ0) is 12.4. The van der Waals surface area contributed by atoms with Crippen LogP contribution in [0.3, 0.4) is 0 Å². The van der Waals surface area contributed by atoms with Gasteiger partial charge in [-0.25, -0.2) is 0 Å². The smallest absolute Gasteiger partial charge is 0.226 e. The first kappa shape index (κ1) is 11.5. The number of ether oxygens (including phenoxy) is 1. The number of carbonyl (C=O) groups excluding carboxylic acids is 2. The van der Waals surface area contributed by atoms with Crippen LogP contribution < -0.4 is 4.90 Å². The van der Waals surface area contributed by atoms with Crippen LogP contribution in [0.25, 0.3) is 0 Å². The predicted molar refractivity (Wildman–Crippen MR) is 63.9 cm³/mol. The van der Waals surface area contributed by atoms with Crippen LogP contribution in [-0.4, -0.2) is 24.5 Å². The van der Waals surface area contributed by atoms with Crippen molar-refractivity contribution < 1.29 is 14.3 Å². The molecule has 1 atom stereocenters. The molecule has 1 aromatic rings. The molecule has 4 nitrogen and oxygen atoms in total. The van der Waals surface area contributed by atoms with Crippen LogP contribution in [0.2, 0.25) is 0 Å². The Morgan fingerprint density at radius 3 is 2.88 bits per heavy atom. The minimum Gasteiger partial charge on any atom is -0.346 e. The van der Waals surface area contributed by atoms with Crippen molar-refractivity contribution in [2.24, 2.45) is 0 Å². The van der Waals surface area contributed by atoms with Gasteiger partial charge in [0.05, 0.1) is 12.3 Å². The lowest BCUT2D eigenvalue weighted by molar-refractivity contribution is -0.118. The van der Waals surface area contributed by atoms with Gasteiger partial charge in [0.15, 0.2) is 0 Å². The molecule has 1 aliphatic heterocycles. The normalized spacial score (nSPS) is 18.1. The molecule has 1 heterocycles. The Morgan fingerprint density at radius 2 is 2.24 bits per heavy atom. The molecule has 2 rings (SSSR count). The number of benzene rings is 1. The van der Waals surface area contributed by atoms with E-state index in [9.17, 15) is 9.59 Å². The molecule has 1 unspecified atom stereocenters. The van der Waals surface area contributed by atoms with E-state index in [0.29, 0.717) is 11.3 Å². The summed E-state index contributed by atoms with van der Waals surface area (Å²) in [5, 5.41) is 0. The standard InChI is InChI=1S/C13H13NO3/c1-3-8-17-13-12(16)10-6-4-5-7-11(10)14(13)9(2)15/h3-7,13H,1,8H2,2H3. The number of carbonyl (C=O) groups is 2. The Labute approximate surface area is 99.5 Å². The number of nitrogens with zero attached hydrogens (tertiary/aromatic N) is 1. The van der Waals surface area contributed by atoms with Gasteiger partial charge in [-0.05, 0) is 12.1 Å². The number of amides is 1. The number of Topliss-reactive ketones (excluding diaryl/α,β-unsaturated/α-hetero) is 1. The molecule has 0 aliphatic carbocycles. The second-order valence-corrected chi connectivity index (χ2v) is 3.74. The number of para-hydroxylation sites is 1. The summed E-state index contributed by atoms with van der Waals surface area (Å²) >= 11 is 0. The second-order valence-electron chi connectivity index (χ2n) is 3.74. The van der Waals surface area contributed by atoms with E-state index in [2.05, 4.69) is 6.58 Å². The first-order valence-corrected chi connectivity index (χ1v) is 5.32. The summed E-state index contributed by atoms with van der Waals surface area (Å²) < 4.78 is 5.36. The highest BCUT2D eigenvalue weighted by atomic mass is 16.5. The van der Waals surface area contributed by atoms with Crippen LogP contribution in [0.1, 0.15) is 17.3 Å². The lowest BCUT2D eigenvalue weighted by Crippen LogP contribution is -2.40. The molecule has 17 heavy (non-hydrogen) atoms. The van der Waals surface area contributed by atoms with Crippen molar-refractivity contribution in [2.75, 3.05) is 11.5 Å². The number of hydrogen-bond donors (Lipinski definition) is 0. The molecule has 0 saturated carbocycles. The third-order valence-electron chi connectivity index (χ3n) is 2.60. The Kier molecular flexibility index (Phi) is 3.06. The number of anilines is 1. The van der Waals surface area contributed by atoms with Crippen molar-refractivity contribution in [3.05, 3.63) is 42.5 Å². The summed E-state index contributed by atoms with van der Waals surface area (Å²) in [6.07, 6.45) is 0.692. The minimum absolute atomic E-state index is 0.183. The molecule has 0 fully saturated rings. The summed E-state index contributed by atoms with van der Waals surface area (Å²) in [6, 6.07) is 7.00. The molecule has 1 aliphatic rings. The fraction of sp³-hybridized carbons (Fsp3) is 0.231. The van der Waals surface area contributed by atoms with E-state index in [1.165, 1.54) is 11.8 Å². The van der Waals surface area contributed by atoms with E-state index in [1.54, 1.807) is 30.3 Å². The van der Waals surface area contributed by atoms with E-state index in [0.717, 1.165) is 0 Å². The first-order chi connectivity index (χ1) is 8.16. The van der Waals surface area contributed by atoms with E-state index < -0.39 is 6.23 Å². The predicted octanol–water partition coefficient (Wildman–Crippen LogP) is 1.76. The van der Waals surface area contributed by atoms with Gasteiger partial charge in [0.25, 0.3) is 0 Å². The van der Waals surface area contributed by atoms with E-state index in [1.807, 2.05) is 0 Å². The molecule has 88 valence electrons. The molecule has 1 aromatic carbocycles. The van der Waals surface area contributed by atoms with Gasteiger partial charge < -0.3 is 4.74 Å². The maximum absolute atomic E-state index is 12.1. The van der Waals surface area contributed by atoms with Crippen LogP contribution in [0.4, 0.5) is 5.69 Å². The molecule has 0 saturated heterocycles. The monoisotopic (exact) mass is 231 g/mol. The third kappa shape index (κ3) is 1.87. The largest absolute Gasteiger partial charge is 0.346 e. The number of rotatable bonds is 3. The summed E-state index contributed by atoms with van der Waals surface area (Å²) in [5.74, 6) is -0.394. The van der Waals surface area contributed by atoms with Gasteiger partial charge in [-0.2, -0.15) is 0 Å². The van der Waals surface area contributed by atoms with Gasteiger partial charge in [0, 0.05) is 12.5 Å². The average Bonchev–Trinajstić information content (AvgIpc) is 2.60. The van der Waals surface area contributed by atoms with Crippen LogP contribution in [-0.2, 0) is 9.53 Å². The Bertz CT molecular complexity index is 481. The molecular weight excluding hydrogens is 218 g/mol. The van der Waals surface area contributed by atoms with Crippen LogP contribution in [0.15, 0.2) is 36.9 Å². The lowest BCUT2D eigenvalue weighted by Gasteiger charge is -2.22. The SMILES string of the molecule is C=CCOC1C(=O)c2ccccc2N1C(C)=O. The molecule has 0 bridgehead atoms. The van der Waals surface area contributed by atoms with Gasteiger partial charge in [-0.15, -0.1) is 6.58 Å². The quantitative estimate of drug-likeness (QED) is 0.745. The molecule has 0 N–H and O–H groups in total. The van der Waals surface area contributed by atoms with E-state index in [4.69, 9.17) is 4.74 Å². The highest BCUT2D eigenvalue weighted by molar-refractivity contribution is 6.16. The van der Waals surface area contributed by atoms with Crippen molar-refractivity contribution >= 4 is 17.4 Å². The first-order valence-electron chi connectivity index (χ1n) is 5.32. The summed E-state index contributed by atoms with van der Waals surface area (Å²) in [4.78, 5) is 25.0. The maximum atomic E-state index is 12.1. The van der Waals surface area contributed by atoms with Gasteiger partial charge >= 0.3 is 0 Å². The fourth-order valence-electron chi connectivity index (χ4n) is 1.91.